The molecule has 2 aromatic heterocycles. The molecule has 6 rings (SSSR count). The highest BCUT2D eigenvalue weighted by molar-refractivity contribution is 5.72. The number of benzene rings is 2. The lowest BCUT2D eigenvalue weighted by Gasteiger charge is -2.22. The molecule has 2 aliphatic heterocycles. The Balaban J connectivity index is 1.41. The minimum absolute atomic E-state index is 0.223. The fraction of sp³-hybridized carbons (Fsp3) is 0.333. The quantitative estimate of drug-likeness (QED) is 0.433. The lowest BCUT2D eigenvalue weighted by Crippen LogP contribution is -2.29. The first-order chi connectivity index (χ1) is 16.9. The van der Waals surface area contributed by atoms with Crippen molar-refractivity contribution < 1.29 is 9.50 Å². The van der Waals surface area contributed by atoms with Crippen LogP contribution in [0.5, 0.6) is 0 Å². The van der Waals surface area contributed by atoms with Crippen molar-refractivity contribution in [3.63, 3.8) is 0 Å². The fourth-order valence-electron chi connectivity index (χ4n) is 5.54. The summed E-state index contributed by atoms with van der Waals surface area (Å²) in [5, 5.41) is 15.2. The molecule has 1 saturated heterocycles. The summed E-state index contributed by atoms with van der Waals surface area (Å²) >= 11 is 0. The predicted octanol–water partition coefficient (Wildman–Crippen LogP) is 3.57. The van der Waals surface area contributed by atoms with E-state index in [2.05, 4.69) is 55.8 Å². The van der Waals surface area contributed by atoms with E-state index in [1.54, 1.807) is 18.5 Å². The Labute approximate surface area is 204 Å². The van der Waals surface area contributed by atoms with Crippen molar-refractivity contribution in [2.75, 3.05) is 38.6 Å². The Hall–Kier alpha value is -3.49. The first-order valence-corrected chi connectivity index (χ1v) is 12.0. The summed E-state index contributed by atoms with van der Waals surface area (Å²) in [6, 6.07) is 13.1. The number of halogens is 1. The maximum atomic E-state index is 13.5. The van der Waals surface area contributed by atoms with Gasteiger partial charge >= 0.3 is 0 Å². The largest absolute Gasteiger partial charge is 0.391 e. The molecule has 2 atom stereocenters. The highest BCUT2D eigenvalue weighted by Gasteiger charge is 2.33. The highest BCUT2D eigenvalue weighted by atomic mass is 19.1. The van der Waals surface area contributed by atoms with Crippen LogP contribution < -0.4 is 4.90 Å². The smallest absolute Gasteiger partial charge is 0.179 e. The maximum Gasteiger partial charge on any atom is 0.179 e. The average Bonchev–Trinajstić information content (AvgIpc) is 3.52. The summed E-state index contributed by atoms with van der Waals surface area (Å²) < 4.78 is 17.6. The molecule has 2 aromatic carbocycles. The van der Waals surface area contributed by atoms with Crippen LogP contribution in [0, 0.1) is 18.7 Å². The predicted molar refractivity (Wildman–Crippen MR) is 134 cm³/mol. The van der Waals surface area contributed by atoms with Gasteiger partial charge in [0, 0.05) is 49.5 Å². The topological polar surface area (TPSA) is 62.4 Å². The summed E-state index contributed by atoms with van der Waals surface area (Å²) in [6.07, 6.45) is 3.36. The maximum absolute atomic E-state index is 13.5. The van der Waals surface area contributed by atoms with Gasteiger partial charge in [0.25, 0.3) is 0 Å². The van der Waals surface area contributed by atoms with Crippen molar-refractivity contribution in [2.45, 2.75) is 19.6 Å². The lowest BCUT2D eigenvalue weighted by molar-refractivity contribution is 0.130. The number of aliphatic hydroxyl groups is 1. The second-order valence-corrected chi connectivity index (χ2v) is 10.0. The molecule has 0 unspecified atom stereocenters. The number of hydrogen-bond acceptors (Lipinski definition) is 5. The molecule has 8 heteroatoms. The lowest BCUT2D eigenvalue weighted by atomic mass is 10.1. The van der Waals surface area contributed by atoms with E-state index in [0.717, 1.165) is 58.2 Å². The number of nitrogens with zero attached hydrogens (tertiary/aromatic N) is 6. The Kier molecular flexibility index (Phi) is 5.23. The third-order valence-electron chi connectivity index (χ3n) is 7.14. The van der Waals surface area contributed by atoms with Crippen LogP contribution in [-0.2, 0) is 6.54 Å². The zero-order valence-electron chi connectivity index (χ0n) is 20.2. The standard InChI is InChI=1S/C27H29FN6O/c1-17-8-23(32-14-21(11-31(2)3)25(35)15-32)9-20-13-33-12-19(18-4-6-22(28)7-5-18)10-24(33)27-29-16-30-34(27)26(17)20/h4-10,12,16,21,25,35H,11,13-15H2,1-3H3/t21-,25-/m1/s1. The summed E-state index contributed by atoms with van der Waals surface area (Å²) in [5.74, 6) is 0.766. The molecule has 4 heterocycles. The van der Waals surface area contributed by atoms with E-state index in [4.69, 9.17) is 0 Å². The summed E-state index contributed by atoms with van der Waals surface area (Å²) in [5.41, 5.74) is 7.40. The zero-order chi connectivity index (χ0) is 24.3. The summed E-state index contributed by atoms with van der Waals surface area (Å²) in [4.78, 5) is 9.02. The molecule has 0 aliphatic carbocycles. The Morgan fingerprint density at radius 1 is 1.09 bits per heavy atom. The first-order valence-electron chi connectivity index (χ1n) is 12.0. The van der Waals surface area contributed by atoms with Gasteiger partial charge in [-0.25, -0.2) is 14.1 Å². The van der Waals surface area contributed by atoms with E-state index in [1.807, 2.05) is 18.8 Å². The fourth-order valence-corrected chi connectivity index (χ4v) is 5.54. The van der Waals surface area contributed by atoms with Gasteiger partial charge in [-0.15, -0.1) is 0 Å². The molecule has 7 nitrogen and oxygen atoms in total. The zero-order valence-corrected chi connectivity index (χ0v) is 20.2. The molecule has 0 radical (unpaired) electrons. The van der Waals surface area contributed by atoms with Crippen molar-refractivity contribution in [1.29, 1.82) is 0 Å². The van der Waals surface area contributed by atoms with Crippen LogP contribution in [0.3, 0.4) is 0 Å². The summed E-state index contributed by atoms with van der Waals surface area (Å²) in [6.45, 7) is 5.11. The number of aryl methyl sites for hydroxylation is 1. The molecule has 35 heavy (non-hydrogen) atoms. The molecule has 1 N–H and O–H groups in total. The minimum atomic E-state index is -0.340. The molecule has 4 aromatic rings. The van der Waals surface area contributed by atoms with Gasteiger partial charge < -0.3 is 19.5 Å². The number of aliphatic hydroxyl groups excluding tert-OH is 1. The van der Waals surface area contributed by atoms with Crippen LogP contribution in [0.4, 0.5) is 10.1 Å². The molecule has 0 amide bonds. The molecular formula is C27H29FN6O. The van der Waals surface area contributed by atoms with Crippen LogP contribution in [0.15, 0.2) is 55.0 Å². The Morgan fingerprint density at radius 3 is 2.66 bits per heavy atom. The van der Waals surface area contributed by atoms with Gasteiger partial charge in [0.2, 0.25) is 0 Å². The number of anilines is 1. The molecule has 0 spiro atoms. The number of rotatable bonds is 4. The van der Waals surface area contributed by atoms with Gasteiger partial charge in [0.15, 0.2) is 5.82 Å². The van der Waals surface area contributed by atoms with Gasteiger partial charge in [0.05, 0.1) is 17.5 Å². The van der Waals surface area contributed by atoms with Crippen molar-refractivity contribution in [1.82, 2.24) is 24.2 Å². The first kappa shape index (κ1) is 22.0. The highest BCUT2D eigenvalue weighted by Crippen LogP contribution is 2.37. The molecule has 1 fully saturated rings. The molecular weight excluding hydrogens is 443 g/mol. The van der Waals surface area contributed by atoms with Crippen LogP contribution in [0.2, 0.25) is 0 Å². The number of β-amino-alcohol motifs (C(OH)–C–C–N with tert-alkyl or cyclic N) is 1. The Morgan fingerprint density at radius 2 is 1.89 bits per heavy atom. The van der Waals surface area contributed by atoms with Crippen LogP contribution in [0.1, 0.15) is 11.1 Å². The van der Waals surface area contributed by atoms with E-state index in [1.165, 1.54) is 12.1 Å². The van der Waals surface area contributed by atoms with E-state index < -0.39 is 0 Å². The van der Waals surface area contributed by atoms with Crippen LogP contribution in [0.25, 0.3) is 28.3 Å². The van der Waals surface area contributed by atoms with Gasteiger partial charge in [-0.3, -0.25) is 0 Å². The second kappa shape index (κ2) is 8.32. The normalized spacial score (nSPS) is 19.0. The number of fused-ring (bicyclic) bond motifs is 5. The van der Waals surface area contributed by atoms with E-state index >= 15 is 0 Å². The van der Waals surface area contributed by atoms with Gasteiger partial charge in [-0.2, -0.15) is 5.10 Å². The number of hydrogen-bond donors (Lipinski definition) is 1. The SMILES string of the molecule is Cc1cc(N2C[C@@H](CN(C)C)[C@H](O)C2)cc2c1-n1ncnc1-c1cc(-c3ccc(F)cc3)cn1C2. The van der Waals surface area contributed by atoms with Crippen molar-refractivity contribution in [2.24, 2.45) is 5.92 Å². The van der Waals surface area contributed by atoms with E-state index in [9.17, 15) is 9.50 Å². The van der Waals surface area contributed by atoms with Crippen molar-refractivity contribution in [3.05, 3.63) is 71.9 Å². The molecule has 0 bridgehead atoms. The molecule has 0 saturated carbocycles. The molecule has 180 valence electrons. The Bertz CT molecular complexity index is 1390. The molecule has 2 aliphatic rings. The van der Waals surface area contributed by atoms with Crippen molar-refractivity contribution in [3.8, 4) is 28.3 Å². The van der Waals surface area contributed by atoms with E-state index in [0.29, 0.717) is 13.1 Å². The average molecular weight is 473 g/mol. The minimum Gasteiger partial charge on any atom is -0.391 e. The monoisotopic (exact) mass is 472 g/mol. The van der Waals surface area contributed by atoms with Gasteiger partial charge in [-0.1, -0.05) is 12.1 Å². The third-order valence-corrected chi connectivity index (χ3v) is 7.14. The van der Waals surface area contributed by atoms with Crippen LogP contribution in [-0.4, -0.2) is 69.2 Å². The van der Waals surface area contributed by atoms with Gasteiger partial charge in [-0.05, 0) is 68.0 Å². The summed E-state index contributed by atoms with van der Waals surface area (Å²) in [7, 11) is 4.10. The number of aromatic nitrogens is 4. The second-order valence-electron chi connectivity index (χ2n) is 10.0. The van der Waals surface area contributed by atoms with Gasteiger partial charge in [0.1, 0.15) is 12.1 Å². The van der Waals surface area contributed by atoms with Crippen LogP contribution >= 0.6 is 0 Å². The van der Waals surface area contributed by atoms with Crippen molar-refractivity contribution >= 4 is 5.69 Å². The van der Waals surface area contributed by atoms with E-state index in [-0.39, 0.29) is 17.8 Å². The third kappa shape index (κ3) is 3.83.